The van der Waals surface area contributed by atoms with E-state index in [4.69, 9.17) is 16.6 Å². The maximum Gasteiger partial charge on any atom is 0.138 e. The van der Waals surface area contributed by atoms with Crippen molar-refractivity contribution in [2.75, 3.05) is 19.0 Å². The Balaban J connectivity index is 2.39. The van der Waals surface area contributed by atoms with Crippen LogP contribution in [0.5, 0.6) is 0 Å². The van der Waals surface area contributed by atoms with Gasteiger partial charge in [-0.05, 0) is 23.8 Å². The number of rotatable bonds is 2. The molecule has 0 N–H and O–H groups in total. The molecule has 0 saturated heterocycles. The lowest BCUT2D eigenvalue weighted by Gasteiger charge is -2.19. The Hall–Kier alpha value is -2.06. The van der Waals surface area contributed by atoms with Crippen molar-refractivity contribution in [2.24, 2.45) is 0 Å². The molecule has 0 unspecified atom stereocenters. The van der Waals surface area contributed by atoms with Crippen molar-refractivity contribution in [3.8, 4) is 11.1 Å². The number of pyridine rings is 1. The van der Waals surface area contributed by atoms with Crippen LogP contribution in [0.1, 0.15) is 0 Å². The number of halogens is 1. The van der Waals surface area contributed by atoms with Gasteiger partial charge >= 0.3 is 0 Å². The van der Waals surface area contributed by atoms with Gasteiger partial charge in [-0.25, -0.2) is 4.98 Å². The van der Waals surface area contributed by atoms with Crippen molar-refractivity contribution in [3.05, 3.63) is 59.6 Å². The van der Waals surface area contributed by atoms with Crippen LogP contribution in [0.3, 0.4) is 0 Å². The van der Waals surface area contributed by atoms with E-state index in [1.807, 2.05) is 67.5 Å². The summed E-state index contributed by atoms with van der Waals surface area (Å²) in [4.78, 5) is 6.72. The molecule has 0 atom stereocenters. The highest BCUT2D eigenvalue weighted by atomic mass is 35.5. The summed E-state index contributed by atoms with van der Waals surface area (Å²) in [5, 5.41) is 1.65. The Labute approximate surface area is 123 Å². The van der Waals surface area contributed by atoms with Gasteiger partial charge in [-0.3, -0.25) is 0 Å². The first-order valence-corrected chi connectivity index (χ1v) is 6.78. The highest BCUT2D eigenvalue weighted by Gasteiger charge is 2.16. The van der Waals surface area contributed by atoms with Gasteiger partial charge < -0.3 is 4.90 Å². The van der Waals surface area contributed by atoms with Crippen LogP contribution < -0.4 is 4.90 Å². The summed E-state index contributed by atoms with van der Waals surface area (Å²) in [5.74, 6) is 0.875. The van der Waals surface area contributed by atoms with E-state index in [2.05, 4.69) is 6.07 Å². The normalized spacial score (nSPS) is 10.8. The molecule has 2 nitrogen and oxygen atoms in total. The maximum atomic E-state index is 6.64. The summed E-state index contributed by atoms with van der Waals surface area (Å²) >= 11 is 6.64. The zero-order chi connectivity index (χ0) is 14.1. The van der Waals surface area contributed by atoms with Crippen molar-refractivity contribution in [1.29, 1.82) is 0 Å². The standard InChI is InChI=1S/C17H14ClN2/c1-20(2)17-15(12-8-4-3-5-9-12)16(18)13-10-6-7-11-14(13)19-17/h3-5,7-11H,1-2H3. The molecular formula is C17H14ClN2. The molecule has 0 aliphatic rings. The van der Waals surface area contributed by atoms with E-state index in [0.717, 1.165) is 32.9 Å². The summed E-state index contributed by atoms with van der Waals surface area (Å²) in [6.07, 6.45) is 0. The fourth-order valence-electron chi connectivity index (χ4n) is 2.28. The van der Waals surface area contributed by atoms with E-state index < -0.39 is 0 Å². The van der Waals surface area contributed by atoms with E-state index in [-0.39, 0.29) is 0 Å². The Kier molecular flexibility index (Phi) is 3.33. The molecule has 3 rings (SSSR count). The number of benzene rings is 2. The maximum absolute atomic E-state index is 6.64. The summed E-state index contributed by atoms with van der Waals surface area (Å²) in [7, 11) is 3.96. The lowest BCUT2D eigenvalue weighted by molar-refractivity contribution is 1.08. The number of fused-ring (bicyclic) bond motifs is 1. The van der Waals surface area contributed by atoms with Gasteiger partial charge in [-0.15, -0.1) is 0 Å². The van der Waals surface area contributed by atoms with Crippen LogP contribution in [0.2, 0.25) is 5.02 Å². The number of nitrogens with zero attached hydrogens (tertiary/aromatic N) is 2. The van der Waals surface area contributed by atoms with Crippen LogP contribution in [0, 0.1) is 6.07 Å². The molecular weight excluding hydrogens is 268 g/mol. The minimum Gasteiger partial charge on any atom is -0.362 e. The molecule has 0 spiro atoms. The van der Waals surface area contributed by atoms with Gasteiger partial charge in [0.25, 0.3) is 0 Å². The van der Waals surface area contributed by atoms with Crippen LogP contribution in [0.4, 0.5) is 5.82 Å². The minimum atomic E-state index is 0.724. The summed E-state index contributed by atoms with van der Waals surface area (Å²) < 4.78 is 0. The van der Waals surface area contributed by atoms with Gasteiger partial charge in [0.15, 0.2) is 0 Å². The van der Waals surface area contributed by atoms with Crippen LogP contribution in [0.15, 0.2) is 48.5 Å². The van der Waals surface area contributed by atoms with E-state index in [9.17, 15) is 0 Å². The first kappa shape index (κ1) is 12.9. The molecule has 0 aliphatic carbocycles. The fraction of sp³-hybridized carbons (Fsp3) is 0.118. The van der Waals surface area contributed by atoms with Crippen molar-refractivity contribution >= 4 is 28.3 Å². The summed E-state index contributed by atoms with van der Waals surface area (Å²) in [6, 6.07) is 18.8. The van der Waals surface area contributed by atoms with Gasteiger partial charge in [0.2, 0.25) is 0 Å². The van der Waals surface area contributed by atoms with E-state index >= 15 is 0 Å². The average Bonchev–Trinajstić information content (AvgIpc) is 2.48. The monoisotopic (exact) mass is 281 g/mol. The first-order valence-electron chi connectivity index (χ1n) is 6.40. The van der Waals surface area contributed by atoms with Gasteiger partial charge in [-0.1, -0.05) is 48.0 Å². The zero-order valence-corrected chi connectivity index (χ0v) is 12.1. The van der Waals surface area contributed by atoms with Crippen LogP contribution in [-0.2, 0) is 0 Å². The second-order valence-electron chi connectivity index (χ2n) is 4.83. The number of hydrogen-bond acceptors (Lipinski definition) is 2. The molecule has 0 amide bonds. The van der Waals surface area contributed by atoms with Gasteiger partial charge in [-0.2, -0.15) is 0 Å². The highest BCUT2D eigenvalue weighted by Crippen LogP contribution is 2.39. The molecule has 3 aromatic rings. The number of anilines is 1. The quantitative estimate of drug-likeness (QED) is 0.691. The third kappa shape index (κ3) is 2.12. The molecule has 0 aliphatic heterocycles. The topological polar surface area (TPSA) is 16.1 Å². The number of hydrogen-bond donors (Lipinski definition) is 0. The predicted octanol–water partition coefficient (Wildman–Crippen LogP) is 4.42. The van der Waals surface area contributed by atoms with Crippen LogP contribution in [-0.4, -0.2) is 19.1 Å². The number of aromatic nitrogens is 1. The lowest BCUT2D eigenvalue weighted by Crippen LogP contribution is -2.12. The Bertz CT molecular complexity index is 752. The van der Waals surface area contributed by atoms with Gasteiger partial charge in [0.1, 0.15) is 5.82 Å². The molecule has 1 radical (unpaired) electrons. The SMILES string of the molecule is CN(C)c1nc2cc[c]cc2c(Cl)c1-c1ccccc1. The first-order chi connectivity index (χ1) is 9.68. The van der Waals surface area contributed by atoms with Crippen molar-refractivity contribution in [3.63, 3.8) is 0 Å². The predicted molar refractivity (Wildman–Crippen MR) is 85.4 cm³/mol. The Morgan fingerprint density at radius 1 is 1.10 bits per heavy atom. The summed E-state index contributed by atoms with van der Waals surface area (Å²) in [6.45, 7) is 0. The molecule has 0 fully saturated rings. The van der Waals surface area contributed by atoms with E-state index in [1.165, 1.54) is 0 Å². The average molecular weight is 282 g/mol. The third-order valence-corrected chi connectivity index (χ3v) is 3.63. The lowest BCUT2D eigenvalue weighted by atomic mass is 10.0. The third-order valence-electron chi connectivity index (χ3n) is 3.23. The minimum absolute atomic E-state index is 0.724. The Morgan fingerprint density at radius 2 is 1.85 bits per heavy atom. The fourth-order valence-corrected chi connectivity index (χ4v) is 2.63. The second kappa shape index (κ2) is 5.14. The molecule has 0 saturated carbocycles. The molecule has 1 heterocycles. The van der Waals surface area contributed by atoms with E-state index in [0.29, 0.717) is 0 Å². The zero-order valence-electron chi connectivity index (χ0n) is 11.4. The smallest absolute Gasteiger partial charge is 0.138 e. The second-order valence-corrected chi connectivity index (χ2v) is 5.21. The molecule has 20 heavy (non-hydrogen) atoms. The van der Waals surface area contributed by atoms with Crippen molar-refractivity contribution in [2.45, 2.75) is 0 Å². The molecule has 3 heteroatoms. The summed E-state index contributed by atoms with van der Waals surface area (Å²) in [5.41, 5.74) is 2.92. The van der Waals surface area contributed by atoms with Crippen LogP contribution >= 0.6 is 11.6 Å². The Morgan fingerprint density at radius 3 is 2.55 bits per heavy atom. The van der Waals surface area contributed by atoms with Crippen LogP contribution in [0.25, 0.3) is 22.0 Å². The molecule has 99 valence electrons. The highest BCUT2D eigenvalue weighted by molar-refractivity contribution is 6.38. The largest absolute Gasteiger partial charge is 0.362 e. The van der Waals surface area contributed by atoms with Gasteiger partial charge in [0, 0.05) is 25.0 Å². The molecule has 2 aromatic carbocycles. The molecule has 1 aromatic heterocycles. The van der Waals surface area contributed by atoms with E-state index in [1.54, 1.807) is 0 Å². The van der Waals surface area contributed by atoms with Crippen molar-refractivity contribution in [1.82, 2.24) is 4.98 Å². The molecule has 0 bridgehead atoms. The van der Waals surface area contributed by atoms with Gasteiger partial charge in [0.05, 0.1) is 10.5 Å². The van der Waals surface area contributed by atoms with Crippen molar-refractivity contribution < 1.29 is 0 Å².